The van der Waals surface area contributed by atoms with Gasteiger partial charge < -0.3 is 19.6 Å². The first-order valence-electron chi connectivity index (χ1n) is 7.26. The highest BCUT2D eigenvalue weighted by Gasteiger charge is 2.30. The summed E-state index contributed by atoms with van der Waals surface area (Å²) >= 11 is 13.1. The Balaban J connectivity index is 1.69. The summed E-state index contributed by atoms with van der Waals surface area (Å²) < 4.78 is 5.62. The van der Waals surface area contributed by atoms with Gasteiger partial charge in [-0.15, -0.1) is 5.10 Å². The van der Waals surface area contributed by atoms with Crippen LogP contribution in [0.1, 0.15) is 12.2 Å². The third kappa shape index (κ3) is 4.27. The smallest absolute Gasteiger partial charge is 0.239 e. The number of nitrogens with one attached hydrogen (secondary N) is 1. The van der Waals surface area contributed by atoms with Gasteiger partial charge in [0.25, 0.3) is 0 Å². The average molecular weight is 411 g/mol. The molecular weight excluding hydrogens is 401 g/mol. The number of hydrogen-bond acceptors (Lipinski definition) is 7. The second-order valence-corrected chi connectivity index (χ2v) is 7.10. The highest BCUT2D eigenvalue weighted by Crippen LogP contribution is 2.34. The normalized spacial score (nSPS) is 18.6. The number of hydrogen-bond donors (Lipinski definition) is 1. The molecule has 3 rings (SSSR count). The number of carboxylic acids is 1. The average Bonchev–Trinajstić information content (AvgIpc) is 3.17. The van der Waals surface area contributed by atoms with Crippen molar-refractivity contribution < 1.29 is 19.1 Å². The van der Waals surface area contributed by atoms with Gasteiger partial charge in [0.05, 0.1) is 21.5 Å². The molecule has 1 saturated heterocycles. The van der Waals surface area contributed by atoms with E-state index in [2.05, 4.69) is 15.5 Å². The van der Waals surface area contributed by atoms with Crippen LogP contribution in [0, 0.1) is 0 Å². The Bertz CT molecular complexity index is 926. The second-order valence-electron chi connectivity index (χ2n) is 5.12. The number of amidine groups is 1. The molecule has 1 aromatic carbocycles. The molecule has 26 heavy (non-hydrogen) atoms. The van der Waals surface area contributed by atoms with E-state index in [-0.39, 0.29) is 11.6 Å². The van der Waals surface area contributed by atoms with Gasteiger partial charge in [-0.3, -0.25) is 4.79 Å². The standard InChI is InChI=1S/C16H11Cl2N3O4S/c17-10-3-1-2-9(14(10)18)11-5-4-8(25-11)7-19-21-16-20-15(24)12(26-16)6-13(22)23/h1-5,7,12H,6H2,(H,22,23)(H,20,21,24)/p-1/b19-7-/t12-/m0/s1. The van der Waals surface area contributed by atoms with Gasteiger partial charge in [-0.2, -0.15) is 5.10 Å². The Hall–Kier alpha value is -2.29. The van der Waals surface area contributed by atoms with E-state index in [0.29, 0.717) is 27.1 Å². The molecule has 0 spiro atoms. The van der Waals surface area contributed by atoms with E-state index in [4.69, 9.17) is 27.6 Å². The lowest BCUT2D eigenvalue weighted by molar-refractivity contribution is -0.305. The topological polar surface area (TPSA) is 107 Å². The molecule has 0 bridgehead atoms. The zero-order valence-electron chi connectivity index (χ0n) is 12.9. The number of carboxylic acid groups (broad SMARTS) is 1. The summed E-state index contributed by atoms with van der Waals surface area (Å²) in [5.74, 6) is -0.806. The lowest BCUT2D eigenvalue weighted by Gasteiger charge is -2.04. The number of halogens is 2. The van der Waals surface area contributed by atoms with Crippen molar-refractivity contribution in [2.24, 2.45) is 10.2 Å². The molecule has 0 saturated carbocycles. The molecule has 134 valence electrons. The highest BCUT2D eigenvalue weighted by atomic mass is 35.5. The van der Waals surface area contributed by atoms with E-state index in [1.165, 1.54) is 6.21 Å². The molecule has 1 fully saturated rings. The van der Waals surface area contributed by atoms with Crippen LogP contribution in [0.3, 0.4) is 0 Å². The Labute approximate surface area is 162 Å². The van der Waals surface area contributed by atoms with Crippen LogP contribution in [-0.2, 0) is 9.59 Å². The van der Waals surface area contributed by atoms with Crippen molar-refractivity contribution in [3.05, 3.63) is 46.1 Å². The number of amides is 1. The van der Waals surface area contributed by atoms with Crippen LogP contribution in [0.2, 0.25) is 10.0 Å². The maximum absolute atomic E-state index is 11.6. The predicted molar refractivity (Wildman–Crippen MR) is 98.3 cm³/mol. The van der Waals surface area contributed by atoms with Crippen molar-refractivity contribution in [3.63, 3.8) is 0 Å². The van der Waals surface area contributed by atoms with Gasteiger partial charge in [0.2, 0.25) is 5.91 Å². The number of carbonyl (C=O) groups is 2. The largest absolute Gasteiger partial charge is 0.550 e. The summed E-state index contributed by atoms with van der Waals surface area (Å²) in [6.45, 7) is 0. The SMILES string of the molecule is O=C([O-])C[C@@H]1S/C(=N\N=C/c2ccc(-c3cccc(Cl)c3Cl)o2)NC1=O. The monoisotopic (exact) mass is 410 g/mol. The Morgan fingerprint density at radius 2 is 2.15 bits per heavy atom. The first kappa shape index (κ1) is 18.5. The molecule has 0 radical (unpaired) electrons. The van der Waals surface area contributed by atoms with Crippen molar-refractivity contribution in [1.29, 1.82) is 0 Å². The van der Waals surface area contributed by atoms with Crippen molar-refractivity contribution in [3.8, 4) is 11.3 Å². The van der Waals surface area contributed by atoms with E-state index in [1.54, 1.807) is 30.3 Å². The molecular formula is C16H10Cl2N3O4S-. The van der Waals surface area contributed by atoms with Crippen molar-refractivity contribution >= 4 is 58.2 Å². The summed E-state index contributed by atoms with van der Waals surface area (Å²) in [7, 11) is 0. The van der Waals surface area contributed by atoms with Crippen molar-refractivity contribution in [2.75, 3.05) is 0 Å². The molecule has 7 nitrogen and oxygen atoms in total. The minimum absolute atomic E-state index is 0.210. The molecule has 10 heteroatoms. The predicted octanol–water partition coefficient (Wildman–Crippen LogP) is 2.31. The number of furan rings is 1. The molecule has 0 unspecified atom stereocenters. The summed E-state index contributed by atoms with van der Waals surface area (Å²) in [6, 6.07) is 8.60. The molecule has 1 amide bonds. The number of nitrogens with zero attached hydrogens (tertiary/aromatic N) is 2. The van der Waals surface area contributed by atoms with Gasteiger partial charge in [0.15, 0.2) is 5.17 Å². The third-order valence-electron chi connectivity index (χ3n) is 3.31. The minimum Gasteiger partial charge on any atom is -0.550 e. The molecule has 1 N–H and O–H groups in total. The van der Waals surface area contributed by atoms with Crippen molar-refractivity contribution in [2.45, 2.75) is 11.7 Å². The maximum atomic E-state index is 11.6. The lowest BCUT2D eigenvalue weighted by atomic mass is 10.2. The molecule has 1 atom stereocenters. The first-order valence-corrected chi connectivity index (χ1v) is 8.90. The third-order valence-corrected chi connectivity index (χ3v) is 5.20. The lowest BCUT2D eigenvalue weighted by Crippen LogP contribution is -2.31. The molecule has 1 aliphatic rings. The number of carbonyl (C=O) groups excluding carboxylic acids is 2. The van der Waals surface area contributed by atoms with Crippen LogP contribution in [0.4, 0.5) is 0 Å². The van der Waals surface area contributed by atoms with E-state index < -0.39 is 17.1 Å². The molecule has 2 heterocycles. The Kier molecular flexibility index (Phi) is 5.65. The Morgan fingerprint density at radius 1 is 1.35 bits per heavy atom. The summed E-state index contributed by atoms with van der Waals surface area (Å²) in [5.41, 5.74) is 0.647. The number of aliphatic carboxylic acids is 1. The molecule has 1 aliphatic heterocycles. The van der Waals surface area contributed by atoms with Crippen LogP contribution >= 0.6 is 35.0 Å². The zero-order chi connectivity index (χ0) is 18.7. The highest BCUT2D eigenvalue weighted by molar-refractivity contribution is 8.15. The van der Waals surface area contributed by atoms with Gasteiger partial charge in [-0.1, -0.05) is 41.0 Å². The minimum atomic E-state index is -1.30. The van der Waals surface area contributed by atoms with Crippen LogP contribution in [0.5, 0.6) is 0 Å². The van der Waals surface area contributed by atoms with Gasteiger partial charge >= 0.3 is 0 Å². The fourth-order valence-electron chi connectivity index (χ4n) is 2.14. The Morgan fingerprint density at radius 3 is 2.92 bits per heavy atom. The first-order chi connectivity index (χ1) is 12.4. The van der Waals surface area contributed by atoms with Crippen LogP contribution in [-0.4, -0.2) is 28.5 Å². The zero-order valence-corrected chi connectivity index (χ0v) is 15.3. The number of rotatable bonds is 5. The van der Waals surface area contributed by atoms with E-state index >= 15 is 0 Å². The molecule has 2 aromatic rings. The maximum Gasteiger partial charge on any atom is 0.239 e. The number of thioether (sulfide) groups is 1. The summed E-state index contributed by atoms with van der Waals surface area (Å²) in [4.78, 5) is 22.1. The van der Waals surface area contributed by atoms with Gasteiger partial charge in [-0.25, -0.2) is 0 Å². The van der Waals surface area contributed by atoms with Gasteiger partial charge in [-0.05, 0) is 24.3 Å². The van der Waals surface area contributed by atoms with Crippen LogP contribution in [0.15, 0.2) is 45.0 Å². The van der Waals surface area contributed by atoms with Gasteiger partial charge in [0, 0.05) is 18.0 Å². The summed E-state index contributed by atoms with van der Waals surface area (Å²) in [6.07, 6.45) is 0.967. The quantitative estimate of drug-likeness (QED) is 0.600. The summed E-state index contributed by atoms with van der Waals surface area (Å²) in [5, 5.41) is 20.9. The van der Waals surface area contributed by atoms with E-state index in [0.717, 1.165) is 11.8 Å². The molecule has 0 aliphatic carbocycles. The number of benzene rings is 1. The molecule has 1 aromatic heterocycles. The fourth-order valence-corrected chi connectivity index (χ4v) is 3.44. The van der Waals surface area contributed by atoms with Crippen molar-refractivity contribution in [1.82, 2.24) is 5.32 Å². The van der Waals surface area contributed by atoms with E-state index in [1.807, 2.05) is 0 Å². The second kappa shape index (κ2) is 7.94. The van der Waals surface area contributed by atoms with Gasteiger partial charge in [0.1, 0.15) is 11.5 Å². The van der Waals surface area contributed by atoms with Crippen LogP contribution < -0.4 is 10.4 Å². The van der Waals surface area contributed by atoms with E-state index in [9.17, 15) is 14.7 Å². The fraction of sp³-hybridized carbons (Fsp3) is 0.125. The van der Waals surface area contributed by atoms with Crippen LogP contribution in [0.25, 0.3) is 11.3 Å².